The Kier molecular flexibility index (Phi) is 2.70. The molecule has 3 aliphatic rings. The average Bonchev–Trinajstić information content (AvgIpc) is 2.53. The van der Waals surface area contributed by atoms with Gasteiger partial charge in [-0.15, -0.1) is 0 Å². The summed E-state index contributed by atoms with van der Waals surface area (Å²) in [4.78, 5) is 0. The first-order chi connectivity index (χ1) is 11.2. The first-order valence-corrected chi connectivity index (χ1v) is 8.72. The molecular weight excluding hydrogens is 278 g/mol. The van der Waals surface area contributed by atoms with Crippen molar-refractivity contribution in [2.45, 2.75) is 32.1 Å². The summed E-state index contributed by atoms with van der Waals surface area (Å²) in [5, 5.41) is 2.80. The topological polar surface area (TPSA) is 3.88 Å². The second-order valence-electron chi connectivity index (χ2n) is 7.47. The predicted octanol–water partition coefficient (Wildman–Crippen LogP) is 4.69. The largest absolute Gasteiger partial charge is 0.220 e. The molecule has 23 heavy (non-hydrogen) atoms. The van der Waals surface area contributed by atoms with E-state index in [2.05, 4.69) is 67.2 Å². The van der Waals surface area contributed by atoms with Crippen LogP contribution in [0.1, 0.15) is 35.4 Å². The van der Waals surface area contributed by atoms with E-state index in [1.54, 1.807) is 11.1 Å². The van der Waals surface area contributed by atoms with Crippen molar-refractivity contribution in [1.82, 2.24) is 0 Å². The molecule has 0 atom stereocenters. The lowest BCUT2D eigenvalue weighted by Gasteiger charge is -2.42. The van der Waals surface area contributed by atoms with E-state index in [1.165, 1.54) is 46.9 Å². The summed E-state index contributed by atoms with van der Waals surface area (Å²) in [5.74, 6) is 1.78. The summed E-state index contributed by atoms with van der Waals surface area (Å²) in [5.41, 5.74) is 7.28. The normalized spacial score (nSPS) is 21.8. The zero-order valence-corrected chi connectivity index (χ0v) is 13.8. The molecule has 2 aromatic carbocycles. The minimum atomic E-state index is 0.823. The number of aromatic nitrogens is 1. The van der Waals surface area contributed by atoms with Gasteiger partial charge in [-0.05, 0) is 72.2 Å². The molecule has 3 aliphatic carbocycles. The van der Waals surface area contributed by atoms with Crippen LogP contribution in [-0.4, -0.2) is 0 Å². The standard InChI is InChI=1S/C22H22N/c1-14-5-3-4-6-19(14)22-21-13-20-17-9-15(10-17)11-18(20)12-16(21)7-8-23(22)2/h3-8,12-13,15,17H,9-11H2,1-2H3/q+1. The fourth-order valence-corrected chi connectivity index (χ4v) is 4.68. The molecule has 0 aliphatic heterocycles. The summed E-state index contributed by atoms with van der Waals surface area (Å²) in [6.07, 6.45) is 6.33. The predicted molar refractivity (Wildman–Crippen MR) is 94.5 cm³/mol. The first-order valence-electron chi connectivity index (χ1n) is 8.72. The van der Waals surface area contributed by atoms with Gasteiger partial charge >= 0.3 is 0 Å². The zero-order valence-electron chi connectivity index (χ0n) is 13.8. The Hall–Kier alpha value is -2.15. The fourth-order valence-electron chi connectivity index (χ4n) is 4.68. The summed E-state index contributed by atoms with van der Waals surface area (Å²) >= 11 is 0. The van der Waals surface area contributed by atoms with Gasteiger partial charge in [0.15, 0.2) is 6.20 Å². The Morgan fingerprint density at radius 2 is 1.87 bits per heavy atom. The van der Waals surface area contributed by atoms with Gasteiger partial charge in [-0.2, -0.15) is 0 Å². The number of pyridine rings is 1. The number of hydrogen-bond donors (Lipinski definition) is 0. The highest BCUT2D eigenvalue weighted by molar-refractivity contribution is 5.94. The smallest absolute Gasteiger partial charge is 0.200 e. The number of benzene rings is 2. The van der Waals surface area contributed by atoms with E-state index < -0.39 is 0 Å². The molecular formula is C22H22N+. The Balaban J connectivity index is 1.83. The van der Waals surface area contributed by atoms with Gasteiger partial charge < -0.3 is 0 Å². The third-order valence-corrected chi connectivity index (χ3v) is 5.98. The van der Waals surface area contributed by atoms with E-state index in [0.29, 0.717) is 0 Å². The van der Waals surface area contributed by atoms with Crippen LogP contribution in [0.15, 0.2) is 48.7 Å². The van der Waals surface area contributed by atoms with Gasteiger partial charge in [-0.3, -0.25) is 0 Å². The summed E-state index contributed by atoms with van der Waals surface area (Å²) < 4.78 is 2.28. The fraction of sp³-hybridized carbons (Fsp3) is 0.318. The van der Waals surface area contributed by atoms with Crippen molar-refractivity contribution in [1.29, 1.82) is 0 Å². The molecule has 6 rings (SSSR count). The summed E-state index contributed by atoms with van der Waals surface area (Å²) in [6, 6.07) is 16.0. The molecule has 0 unspecified atom stereocenters. The lowest BCUT2D eigenvalue weighted by atomic mass is 9.62. The first kappa shape index (κ1) is 13.3. The van der Waals surface area contributed by atoms with Gasteiger partial charge in [-0.1, -0.05) is 24.3 Å². The van der Waals surface area contributed by atoms with E-state index in [-0.39, 0.29) is 0 Å². The van der Waals surface area contributed by atoms with Gasteiger partial charge in [0, 0.05) is 11.6 Å². The number of nitrogens with zero attached hydrogens (tertiary/aromatic N) is 1. The molecule has 1 nitrogen and oxygen atoms in total. The van der Waals surface area contributed by atoms with Crippen molar-refractivity contribution in [3.05, 3.63) is 65.4 Å². The van der Waals surface area contributed by atoms with E-state index in [4.69, 9.17) is 0 Å². The van der Waals surface area contributed by atoms with Crippen LogP contribution in [0.3, 0.4) is 0 Å². The molecule has 0 amide bonds. The van der Waals surface area contributed by atoms with Crippen molar-refractivity contribution in [2.75, 3.05) is 0 Å². The van der Waals surface area contributed by atoms with Crippen molar-refractivity contribution in [3.63, 3.8) is 0 Å². The Bertz CT molecular complexity index is 932. The second-order valence-corrected chi connectivity index (χ2v) is 7.47. The lowest BCUT2D eigenvalue weighted by molar-refractivity contribution is -0.659. The highest BCUT2D eigenvalue weighted by atomic mass is 14.9. The highest BCUT2D eigenvalue weighted by Crippen LogP contribution is 2.50. The number of hydrogen-bond acceptors (Lipinski definition) is 0. The molecule has 0 N–H and O–H groups in total. The van der Waals surface area contributed by atoms with Crippen LogP contribution < -0.4 is 4.57 Å². The SMILES string of the molecule is Cc1ccccc1-c1c2cc3c(cc2cc[n+]1C)CC1CC3C1. The maximum Gasteiger partial charge on any atom is 0.220 e. The molecule has 1 heterocycles. The molecule has 1 heteroatoms. The van der Waals surface area contributed by atoms with E-state index >= 15 is 0 Å². The van der Waals surface area contributed by atoms with E-state index in [0.717, 1.165) is 11.8 Å². The van der Waals surface area contributed by atoms with Crippen LogP contribution in [0.5, 0.6) is 0 Å². The Morgan fingerprint density at radius 3 is 2.70 bits per heavy atom. The summed E-state index contributed by atoms with van der Waals surface area (Å²) in [7, 11) is 2.17. The van der Waals surface area contributed by atoms with Crippen molar-refractivity contribution >= 4 is 10.8 Å². The monoisotopic (exact) mass is 300 g/mol. The molecule has 0 spiro atoms. The molecule has 114 valence electrons. The Morgan fingerprint density at radius 1 is 1.04 bits per heavy atom. The summed E-state index contributed by atoms with van der Waals surface area (Å²) in [6.45, 7) is 2.21. The van der Waals surface area contributed by atoms with Crippen molar-refractivity contribution < 1.29 is 4.57 Å². The lowest BCUT2D eigenvalue weighted by Crippen LogP contribution is -2.32. The molecule has 1 aromatic heterocycles. The van der Waals surface area contributed by atoms with Crippen molar-refractivity contribution in [3.8, 4) is 11.3 Å². The quantitative estimate of drug-likeness (QED) is 0.574. The Labute approximate surface area is 137 Å². The molecule has 2 bridgehead atoms. The van der Waals surface area contributed by atoms with Gasteiger partial charge in [-0.25, -0.2) is 4.57 Å². The molecule has 1 fully saturated rings. The van der Waals surface area contributed by atoms with Gasteiger partial charge in [0.2, 0.25) is 5.69 Å². The number of aryl methyl sites for hydroxylation is 2. The minimum absolute atomic E-state index is 0.823. The van der Waals surface area contributed by atoms with Crippen LogP contribution in [0.25, 0.3) is 22.0 Å². The average molecular weight is 300 g/mol. The van der Waals surface area contributed by atoms with Crippen molar-refractivity contribution in [2.24, 2.45) is 13.0 Å². The van der Waals surface area contributed by atoms with Crippen LogP contribution in [0.2, 0.25) is 0 Å². The van der Waals surface area contributed by atoms with E-state index in [1.807, 2.05) is 0 Å². The minimum Gasteiger partial charge on any atom is -0.200 e. The highest BCUT2D eigenvalue weighted by Gasteiger charge is 2.37. The number of fused-ring (bicyclic) bond motifs is 1. The molecule has 0 radical (unpaired) electrons. The van der Waals surface area contributed by atoms with E-state index in [9.17, 15) is 0 Å². The van der Waals surface area contributed by atoms with Crippen LogP contribution in [-0.2, 0) is 13.5 Å². The second kappa shape index (κ2) is 4.67. The van der Waals surface area contributed by atoms with Crippen LogP contribution in [0, 0.1) is 12.8 Å². The zero-order chi connectivity index (χ0) is 15.6. The van der Waals surface area contributed by atoms with Crippen LogP contribution in [0.4, 0.5) is 0 Å². The van der Waals surface area contributed by atoms with Gasteiger partial charge in [0.25, 0.3) is 0 Å². The maximum absolute atomic E-state index is 2.51. The molecule has 1 saturated carbocycles. The maximum atomic E-state index is 2.51. The van der Waals surface area contributed by atoms with Gasteiger partial charge in [0.05, 0.1) is 5.39 Å². The third-order valence-electron chi connectivity index (χ3n) is 5.98. The third kappa shape index (κ3) is 1.89. The number of rotatable bonds is 1. The van der Waals surface area contributed by atoms with Gasteiger partial charge in [0.1, 0.15) is 7.05 Å². The van der Waals surface area contributed by atoms with Crippen LogP contribution >= 0.6 is 0 Å². The molecule has 3 aromatic rings. The molecule has 0 saturated heterocycles.